The third-order valence-electron chi connectivity index (χ3n) is 6.71. The molecule has 212 valence electrons. The molecule has 2 rings (SSSR count). The molecule has 10 heteroatoms. The lowest BCUT2D eigenvalue weighted by Crippen LogP contribution is -2.66. The standard InChI is InChI=1S/C28H40O10/c1-6-7-12-27(33,15-18-8-10-20(35-2)13-23(18)37-4)26(32)28(34,25(31)22(30)17-29)16-19-9-11-21(36-3)14-24(19)38-5/h6-11,13-14,22,25-26,29-34H,12,15-17H2,1-5H3/b7-6+/t22-,25+,26+,27?,28+/m0/s1. The molecular formula is C28H40O10. The molecule has 38 heavy (non-hydrogen) atoms. The van der Waals surface area contributed by atoms with Crippen LogP contribution in [-0.2, 0) is 12.8 Å². The van der Waals surface area contributed by atoms with Gasteiger partial charge in [0.15, 0.2) is 0 Å². The predicted molar refractivity (Wildman–Crippen MR) is 141 cm³/mol. The van der Waals surface area contributed by atoms with Gasteiger partial charge in [-0.1, -0.05) is 24.3 Å². The highest BCUT2D eigenvalue weighted by Gasteiger charge is 2.54. The molecule has 2 aromatic rings. The van der Waals surface area contributed by atoms with Crippen molar-refractivity contribution in [1.82, 2.24) is 0 Å². The van der Waals surface area contributed by atoms with Crippen molar-refractivity contribution in [3.05, 3.63) is 59.7 Å². The Hall–Kier alpha value is -2.86. The first-order valence-corrected chi connectivity index (χ1v) is 12.2. The van der Waals surface area contributed by atoms with E-state index in [1.54, 1.807) is 55.5 Å². The Bertz CT molecular complexity index is 1060. The van der Waals surface area contributed by atoms with Gasteiger partial charge >= 0.3 is 0 Å². The van der Waals surface area contributed by atoms with Crippen LogP contribution in [0.25, 0.3) is 0 Å². The smallest absolute Gasteiger partial charge is 0.126 e. The molecule has 0 aliphatic carbocycles. The molecule has 6 N–H and O–H groups in total. The van der Waals surface area contributed by atoms with Crippen LogP contribution >= 0.6 is 0 Å². The number of hydrogen-bond acceptors (Lipinski definition) is 10. The molecule has 1 unspecified atom stereocenters. The molecule has 2 aromatic carbocycles. The van der Waals surface area contributed by atoms with Gasteiger partial charge < -0.3 is 49.6 Å². The van der Waals surface area contributed by atoms with Crippen LogP contribution in [0.3, 0.4) is 0 Å². The third-order valence-corrected chi connectivity index (χ3v) is 6.71. The summed E-state index contributed by atoms with van der Waals surface area (Å²) in [5.74, 6) is 1.66. The number of aliphatic hydroxyl groups is 6. The van der Waals surface area contributed by atoms with Gasteiger partial charge in [-0.25, -0.2) is 0 Å². The summed E-state index contributed by atoms with van der Waals surface area (Å²) >= 11 is 0. The average Bonchev–Trinajstić information content (AvgIpc) is 2.94. The monoisotopic (exact) mass is 536 g/mol. The van der Waals surface area contributed by atoms with Gasteiger partial charge in [0.2, 0.25) is 0 Å². The number of allylic oxidation sites excluding steroid dienone is 1. The second-order valence-corrected chi connectivity index (χ2v) is 9.17. The van der Waals surface area contributed by atoms with Crippen LogP contribution in [0, 0.1) is 0 Å². The summed E-state index contributed by atoms with van der Waals surface area (Å²) in [6.07, 6.45) is -3.38. The number of methoxy groups -OCH3 is 4. The van der Waals surface area contributed by atoms with E-state index in [4.69, 9.17) is 18.9 Å². The maximum Gasteiger partial charge on any atom is 0.126 e. The van der Waals surface area contributed by atoms with Gasteiger partial charge in [-0.15, -0.1) is 0 Å². The highest BCUT2D eigenvalue weighted by molar-refractivity contribution is 5.43. The summed E-state index contributed by atoms with van der Waals surface area (Å²) in [6.45, 7) is 0.842. The maximum atomic E-state index is 11.9. The van der Waals surface area contributed by atoms with E-state index in [0.717, 1.165) is 0 Å². The van der Waals surface area contributed by atoms with Gasteiger partial charge in [0.05, 0.1) is 35.0 Å². The van der Waals surface area contributed by atoms with E-state index in [0.29, 0.717) is 28.4 Å². The topological polar surface area (TPSA) is 158 Å². The molecular weight excluding hydrogens is 496 g/mol. The number of hydrogen-bond donors (Lipinski definition) is 6. The molecule has 0 bridgehead atoms. The van der Waals surface area contributed by atoms with Crippen LogP contribution in [0.2, 0.25) is 0 Å². The molecule has 0 heterocycles. The average molecular weight is 537 g/mol. The molecule has 5 atom stereocenters. The Kier molecular flexibility index (Phi) is 11.4. The minimum absolute atomic E-state index is 0.121. The fourth-order valence-corrected chi connectivity index (χ4v) is 4.49. The zero-order chi connectivity index (χ0) is 28.5. The van der Waals surface area contributed by atoms with Crippen molar-refractivity contribution < 1.29 is 49.6 Å². The molecule has 0 saturated heterocycles. The van der Waals surface area contributed by atoms with E-state index in [9.17, 15) is 30.6 Å². The number of benzene rings is 2. The highest BCUT2D eigenvalue weighted by Crippen LogP contribution is 2.38. The molecule has 0 aromatic heterocycles. The lowest BCUT2D eigenvalue weighted by atomic mass is 9.71. The van der Waals surface area contributed by atoms with E-state index in [1.165, 1.54) is 28.4 Å². The summed E-state index contributed by atoms with van der Waals surface area (Å²) in [4.78, 5) is 0. The Morgan fingerprint density at radius 1 is 0.789 bits per heavy atom. The quantitative estimate of drug-likeness (QED) is 0.181. The summed E-state index contributed by atoms with van der Waals surface area (Å²) in [5.41, 5.74) is -3.74. The number of aliphatic hydroxyl groups excluding tert-OH is 4. The number of ether oxygens (including phenoxy) is 4. The minimum Gasteiger partial charge on any atom is -0.497 e. The van der Waals surface area contributed by atoms with Gasteiger partial charge in [-0.2, -0.15) is 0 Å². The number of rotatable bonds is 15. The lowest BCUT2D eigenvalue weighted by Gasteiger charge is -2.46. The molecule has 0 amide bonds. The largest absolute Gasteiger partial charge is 0.497 e. The van der Waals surface area contributed by atoms with Crippen molar-refractivity contribution >= 4 is 0 Å². The Balaban J connectivity index is 2.64. The van der Waals surface area contributed by atoms with Crippen LogP contribution < -0.4 is 18.9 Å². The molecule has 0 fully saturated rings. The molecule has 0 spiro atoms. The van der Waals surface area contributed by atoms with Gasteiger partial charge in [-0.3, -0.25) is 0 Å². The lowest BCUT2D eigenvalue weighted by molar-refractivity contribution is -0.228. The first kappa shape index (κ1) is 31.4. The van der Waals surface area contributed by atoms with E-state index in [2.05, 4.69) is 0 Å². The van der Waals surface area contributed by atoms with Crippen LogP contribution in [0.1, 0.15) is 24.5 Å². The first-order chi connectivity index (χ1) is 18.0. The van der Waals surface area contributed by atoms with Crippen LogP contribution in [0.15, 0.2) is 48.6 Å². The highest BCUT2D eigenvalue weighted by atomic mass is 16.5. The van der Waals surface area contributed by atoms with Crippen molar-refractivity contribution in [2.24, 2.45) is 0 Å². The van der Waals surface area contributed by atoms with E-state index in [1.807, 2.05) is 0 Å². The van der Waals surface area contributed by atoms with Crippen LogP contribution in [0.5, 0.6) is 23.0 Å². The Morgan fingerprint density at radius 2 is 1.29 bits per heavy atom. The van der Waals surface area contributed by atoms with E-state index < -0.39 is 42.5 Å². The summed E-state index contributed by atoms with van der Waals surface area (Å²) in [5, 5.41) is 66.3. The zero-order valence-corrected chi connectivity index (χ0v) is 22.5. The fourth-order valence-electron chi connectivity index (χ4n) is 4.49. The first-order valence-electron chi connectivity index (χ1n) is 12.2. The fraction of sp³-hybridized carbons (Fsp3) is 0.500. The van der Waals surface area contributed by atoms with Crippen LogP contribution in [-0.4, -0.2) is 95.2 Å². The van der Waals surface area contributed by atoms with Gasteiger partial charge in [-0.05, 0) is 36.6 Å². The van der Waals surface area contributed by atoms with Crippen molar-refractivity contribution in [3.8, 4) is 23.0 Å². The predicted octanol–water partition coefficient (Wildman–Crippen LogP) is 1.01. The third kappa shape index (κ3) is 6.96. The van der Waals surface area contributed by atoms with Gasteiger partial charge in [0.1, 0.15) is 52.5 Å². The summed E-state index contributed by atoms with van der Waals surface area (Å²) < 4.78 is 21.3. The van der Waals surface area contributed by atoms with E-state index in [-0.39, 0.29) is 18.6 Å². The summed E-state index contributed by atoms with van der Waals surface area (Å²) in [6, 6.07) is 9.69. The van der Waals surface area contributed by atoms with Crippen molar-refractivity contribution in [2.45, 2.75) is 55.7 Å². The second-order valence-electron chi connectivity index (χ2n) is 9.17. The molecule has 0 aliphatic heterocycles. The normalized spacial score (nSPS) is 17.2. The molecule has 10 nitrogen and oxygen atoms in total. The SMILES string of the molecule is C/C=C/CC(O)(Cc1ccc(OC)cc1OC)[C@@H](O)[C@@](O)(Cc1ccc(OC)cc1OC)[C@H](O)[C@@H](O)CO. The molecule has 0 radical (unpaired) electrons. The van der Waals surface area contributed by atoms with Gasteiger partial charge in [0.25, 0.3) is 0 Å². The van der Waals surface area contributed by atoms with Gasteiger partial charge in [0, 0.05) is 25.0 Å². The Morgan fingerprint density at radius 3 is 1.71 bits per heavy atom. The maximum absolute atomic E-state index is 11.9. The van der Waals surface area contributed by atoms with Crippen molar-refractivity contribution in [3.63, 3.8) is 0 Å². The summed E-state index contributed by atoms with van der Waals surface area (Å²) in [7, 11) is 5.84. The minimum atomic E-state index is -2.54. The zero-order valence-electron chi connectivity index (χ0n) is 22.5. The second kappa shape index (κ2) is 13.8. The molecule has 0 aliphatic rings. The van der Waals surface area contributed by atoms with E-state index >= 15 is 0 Å². The van der Waals surface area contributed by atoms with Crippen LogP contribution in [0.4, 0.5) is 0 Å². The van der Waals surface area contributed by atoms with Crippen molar-refractivity contribution in [2.75, 3.05) is 35.0 Å². The van der Waals surface area contributed by atoms with Crippen molar-refractivity contribution in [1.29, 1.82) is 0 Å². The molecule has 0 saturated carbocycles. The Labute approximate surface area is 223 Å².